The Morgan fingerprint density at radius 1 is 1.14 bits per heavy atom. The minimum Gasteiger partial charge on any atom is -0.377 e. The van der Waals surface area contributed by atoms with E-state index in [2.05, 4.69) is 36.6 Å². The molecule has 0 saturated carbocycles. The first-order valence-electron chi connectivity index (χ1n) is 6.40. The lowest BCUT2D eigenvalue weighted by Gasteiger charge is -2.12. The van der Waals surface area contributed by atoms with Crippen LogP contribution < -0.4 is 16.6 Å². The number of nitrogens with zero attached hydrogens (tertiary/aromatic N) is 2. The number of anilines is 3. The summed E-state index contributed by atoms with van der Waals surface area (Å²) in [5, 5.41) is 3.26. The third kappa shape index (κ3) is 3.90. The first kappa shape index (κ1) is 15.7. The average molecular weight is 352 g/mol. The summed E-state index contributed by atoms with van der Waals surface area (Å²) in [7, 11) is 1.60. The molecule has 7 heteroatoms. The zero-order valence-corrected chi connectivity index (χ0v) is 13.8. The van der Waals surface area contributed by atoms with Crippen LogP contribution in [-0.4, -0.2) is 17.1 Å². The molecule has 21 heavy (non-hydrogen) atoms. The van der Waals surface area contributed by atoms with Crippen molar-refractivity contribution >= 4 is 33.3 Å². The maximum Gasteiger partial charge on any atom is 0.158 e. The number of nitrogens with two attached hydrogens (primary N) is 1. The second-order valence-corrected chi connectivity index (χ2v) is 5.47. The van der Waals surface area contributed by atoms with Crippen molar-refractivity contribution in [2.45, 2.75) is 20.5 Å². The van der Waals surface area contributed by atoms with E-state index in [0.29, 0.717) is 24.1 Å². The van der Waals surface area contributed by atoms with Crippen LogP contribution in [0.2, 0.25) is 0 Å². The Balaban J connectivity index is 2.32. The van der Waals surface area contributed by atoms with Crippen LogP contribution in [0.5, 0.6) is 0 Å². The summed E-state index contributed by atoms with van der Waals surface area (Å²) in [6.07, 6.45) is 0. The van der Waals surface area contributed by atoms with Crippen molar-refractivity contribution in [3.05, 3.63) is 39.6 Å². The van der Waals surface area contributed by atoms with E-state index >= 15 is 0 Å². The predicted octanol–water partition coefficient (Wildman–Crippen LogP) is 3.03. The second-order valence-electron chi connectivity index (χ2n) is 4.68. The Morgan fingerprint density at radius 3 is 2.33 bits per heavy atom. The number of benzene rings is 1. The maximum atomic E-state index is 5.43. The highest BCUT2D eigenvalue weighted by atomic mass is 79.9. The average Bonchev–Trinajstić information content (AvgIpc) is 2.44. The van der Waals surface area contributed by atoms with E-state index in [4.69, 9.17) is 10.6 Å². The predicted molar refractivity (Wildman–Crippen MR) is 87.5 cm³/mol. The first-order chi connectivity index (χ1) is 10.0. The lowest BCUT2D eigenvalue weighted by Crippen LogP contribution is -2.12. The Bertz CT molecular complexity index is 624. The molecule has 0 spiro atoms. The number of hydrazine groups is 1. The zero-order chi connectivity index (χ0) is 15.4. The fraction of sp³-hybridized carbons (Fsp3) is 0.286. The summed E-state index contributed by atoms with van der Waals surface area (Å²) in [5.74, 6) is 7.18. The Morgan fingerprint density at radius 2 is 1.76 bits per heavy atom. The zero-order valence-electron chi connectivity index (χ0n) is 12.2. The van der Waals surface area contributed by atoms with E-state index in [-0.39, 0.29) is 0 Å². The van der Waals surface area contributed by atoms with E-state index in [1.165, 1.54) is 0 Å². The van der Waals surface area contributed by atoms with Crippen LogP contribution in [0.4, 0.5) is 17.3 Å². The molecule has 6 nitrogen and oxygen atoms in total. The number of aryl methyl sites for hydroxylation is 2. The molecular formula is C14H18BrN5O. The second kappa shape index (κ2) is 6.84. The van der Waals surface area contributed by atoms with Gasteiger partial charge in [0, 0.05) is 23.3 Å². The molecule has 0 saturated heterocycles. The number of methoxy groups -OCH3 is 1. The highest BCUT2D eigenvalue weighted by Gasteiger charge is 2.07. The molecule has 4 N–H and O–H groups in total. The van der Waals surface area contributed by atoms with E-state index in [9.17, 15) is 0 Å². The standard InChI is InChI=1S/C14H18BrN5O/c1-8-4-10(5-9(2)14(8)15)17-11-6-12(20-16)19-13(18-11)7-21-3/h4-6H,7,16H2,1-3H3,(H2,17,18,19,20). The van der Waals surface area contributed by atoms with Crippen molar-refractivity contribution < 1.29 is 4.74 Å². The highest BCUT2D eigenvalue weighted by Crippen LogP contribution is 2.27. The summed E-state index contributed by atoms with van der Waals surface area (Å²) in [6, 6.07) is 5.83. The quantitative estimate of drug-likeness (QED) is 0.567. The Kier molecular flexibility index (Phi) is 5.11. The molecule has 1 aromatic heterocycles. The number of nitrogens with one attached hydrogen (secondary N) is 2. The van der Waals surface area contributed by atoms with Crippen molar-refractivity contribution in [2.75, 3.05) is 17.9 Å². The van der Waals surface area contributed by atoms with Crippen molar-refractivity contribution in [1.82, 2.24) is 9.97 Å². The number of hydrogen-bond acceptors (Lipinski definition) is 6. The Hall–Kier alpha value is -1.70. The molecule has 2 rings (SSSR count). The van der Waals surface area contributed by atoms with Gasteiger partial charge in [0.25, 0.3) is 0 Å². The monoisotopic (exact) mass is 351 g/mol. The van der Waals surface area contributed by atoms with Gasteiger partial charge in [-0.2, -0.15) is 0 Å². The molecule has 0 aliphatic carbocycles. The van der Waals surface area contributed by atoms with Crippen LogP contribution in [0.15, 0.2) is 22.7 Å². The number of rotatable bonds is 5. The van der Waals surface area contributed by atoms with Gasteiger partial charge in [0.05, 0.1) is 0 Å². The molecule has 0 amide bonds. The fourth-order valence-corrected chi connectivity index (χ4v) is 2.22. The van der Waals surface area contributed by atoms with Gasteiger partial charge in [0.15, 0.2) is 5.82 Å². The normalized spacial score (nSPS) is 10.5. The van der Waals surface area contributed by atoms with Gasteiger partial charge in [-0.15, -0.1) is 0 Å². The van der Waals surface area contributed by atoms with Crippen LogP contribution in [0.25, 0.3) is 0 Å². The molecule has 0 aliphatic rings. The number of ether oxygens (including phenoxy) is 1. The molecule has 0 aliphatic heterocycles. The van der Waals surface area contributed by atoms with Crippen molar-refractivity contribution in [1.29, 1.82) is 0 Å². The molecule has 1 heterocycles. The van der Waals surface area contributed by atoms with Crippen LogP contribution in [0, 0.1) is 13.8 Å². The fourth-order valence-electron chi connectivity index (χ4n) is 1.99. The van der Waals surface area contributed by atoms with Crippen molar-refractivity contribution in [3.8, 4) is 0 Å². The Labute approximate surface area is 132 Å². The van der Waals surface area contributed by atoms with E-state index in [1.807, 2.05) is 26.0 Å². The van der Waals surface area contributed by atoms with Crippen molar-refractivity contribution in [3.63, 3.8) is 0 Å². The van der Waals surface area contributed by atoms with Crippen LogP contribution in [-0.2, 0) is 11.3 Å². The molecule has 0 bridgehead atoms. The first-order valence-corrected chi connectivity index (χ1v) is 7.20. The van der Waals surface area contributed by atoms with E-state index in [1.54, 1.807) is 13.2 Å². The smallest absolute Gasteiger partial charge is 0.158 e. The summed E-state index contributed by atoms with van der Waals surface area (Å²) < 4.78 is 6.17. The molecular weight excluding hydrogens is 334 g/mol. The summed E-state index contributed by atoms with van der Waals surface area (Å²) in [4.78, 5) is 8.61. The van der Waals surface area contributed by atoms with Crippen LogP contribution >= 0.6 is 15.9 Å². The van der Waals surface area contributed by atoms with E-state index in [0.717, 1.165) is 21.3 Å². The van der Waals surface area contributed by atoms with Gasteiger partial charge < -0.3 is 15.5 Å². The molecule has 112 valence electrons. The summed E-state index contributed by atoms with van der Waals surface area (Å²) in [5.41, 5.74) is 5.79. The minimum absolute atomic E-state index is 0.322. The van der Waals surface area contributed by atoms with Gasteiger partial charge in [0.2, 0.25) is 0 Å². The third-order valence-corrected chi connectivity index (χ3v) is 4.15. The summed E-state index contributed by atoms with van der Waals surface area (Å²) in [6.45, 7) is 4.42. The molecule has 0 radical (unpaired) electrons. The van der Waals surface area contributed by atoms with Gasteiger partial charge in [-0.1, -0.05) is 15.9 Å². The highest BCUT2D eigenvalue weighted by molar-refractivity contribution is 9.10. The molecule has 1 aromatic carbocycles. The summed E-state index contributed by atoms with van der Waals surface area (Å²) >= 11 is 3.56. The lowest BCUT2D eigenvalue weighted by atomic mass is 10.1. The van der Waals surface area contributed by atoms with Crippen molar-refractivity contribution in [2.24, 2.45) is 5.84 Å². The number of hydrogen-bond donors (Lipinski definition) is 3. The van der Waals surface area contributed by atoms with Crippen LogP contribution in [0.1, 0.15) is 17.0 Å². The third-order valence-electron chi connectivity index (χ3n) is 2.90. The topological polar surface area (TPSA) is 85.1 Å². The van der Waals surface area contributed by atoms with Gasteiger partial charge in [-0.3, -0.25) is 0 Å². The largest absolute Gasteiger partial charge is 0.377 e. The minimum atomic E-state index is 0.322. The molecule has 2 aromatic rings. The van der Waals surface area contributed by atoms with Gasteiger partial charge in [-0.05, 0) is 37.1 Å². The number of aromatic nitrogens is 2. The van der Waals surface area contributed by atoms with Gasteiger partial charge >= 0.3 is 0 Å². The molecule has 0 unspecified atom stereocenters. The van der Waals surface area contributed by atoms with Crippen LogP contribution in [0.3, 0.4) is 0 Å². The van der Waals surface area contributed by atoms with Gasteiger partial charge in [0.1, 0.15) is 18.2 Å². The lowest BCUT2D eigenvalue weighted by molar-refractivity contribution is 0.178. The SMILES string of the molecule is COCc1nc(NN)cc(Nc2cc(C)c(Br)c(C)c2)n1. The molecule has 0 atom stereocenters. The number of halogens is 1. The van der Waals surface area contributed by atoms with Gasteiger partial charge in [-0.25, -0.2) is 15.8 Å². The maximum absolute atomic E-state index is 5.43. The molecule has 0 fully saturated rings. The van der Waals surface area contributed by atoms with E-state index < -0.39 is 0 Å². The number of nitrogen functional groups attached to an aromatic ring is 1.